The summed E-state index contributed by atoms with van der Waals surface area (Å²) in [4.78, 5) is 28.6. The van der Waals surface area contributed by atoms with Crippen LogP contribution in [0, 0.1) is 0 Å². The fourth-order valence-electron chi connectivity index (χ4n) is 4.10. The first-order valence-electron chi connectivity index (χ1n) is 11.3. The van der Waals surface area contributed by atoms with E-state index in [4.69, 9.17) is 21.7 Å². The molecule has 3 aromatic rings. The summed E-state index contributed by atoms with van der Waals surface area (Å²) in [6, 6.07) is 17.9. The third-order valence-electron chi connectivity index (χ3n) is 5.68. The first-order valence-corrected chi connectivity index (χ1v) is 11.7. The first-order chi connectivity index (χ1) is 17.0. The molecular weight excluding hydrogens is 464 g/mol. The molecule has 1 heterocycles. The lowest BCUT2D eigenvalue weighted by molar-refractivity contribution is 0.0958. The molecule has 1 aliphatic rings. The number of pyridine rings is 1. The minimum absolute atomic E-state index is 0.0327. The molecule has 2 amide bonds. The van der Waals surface area contributed by atoms with E-state index in [1.54, 1.807) is 13.1 Å². The maximum absolute atomic E-state index is 12.4. The van der Waals surface area contributed by atoms with Crippen molar-refractivity contribution in [2.75, 3.05) is 20.3 Å². The standard InChI is InChI=1S/C26H26N4O4S/c1-3-33-23-12-16(28-14-21(23)24(31)27-2)13-29-25(35)30-26(32)34-15-22-19-10-6-4-8-17(19)18-9-5-7-11-20(18)22/h4-12,14,22H,3,13,15H2,1-2H3,(H,27,31)(H2,29,30,32,35). The molecule has 0 unspecified atom stereocenters. The Morgan fingerprint density at radius 2 is 1.71 bits per heavy atom. The molecule has 0 saturated carbocycles. The second kappa shape index (κ2) is 11.0. The van der Waals surface area contributed by atoms with E-state index in [2.05, 4.69) is 45.2 Å². The number of fused-ring (bicyclic) bond motifs is 3. The van der Waals surface area contributed by atoms with Crippen molar-refractivity contribution < 1.29 is 19.1 Å². The Bertz CT molecular complexity index is 1220. The highest BCUT2D eigenvalue weighted by atomic mass is 32.1. The monoisotopic (exact) mass is 490 g/mol. The van der Waals surface area contributed by atoms with Crippen molar-refractivity contribution in [3.8, 4) is 16.9 Å². The lowest BCUT2D eigenvalue weighted by Gasteiger charge is -2.15. The Kier molecular flexibility index (Phi) is 7.57. The number of rotatable bonds is 7. The summed E-state index contributed by atoms with van der Waals surface area (Å²) in [7, 11) is 1.54. The SMILES string of the molecule is CCOc1cc(CNC(=S)NC(=O)OCC2c3ccccc3-c3ccccc32)ncc1C(=O)NC. The van der Waals surface area contributed by atoms with Crippen LogP contribution in [0.15, 0.2) is 60.8 Å². The Hall–Kier alpha value is -3.98. The van der Waals surface area contributed by atoms with E-state index in [0.29, 0.717) is 23.6 Å². The Morgan fingerprint density at radius 3 is 2.34 bits per heavy atom. The fraction of sp³-hybridized carbons (Fsp3) is 0.231. The summed E-state index contributed by atoms with van der Waals surface area (Å²) >= 11 is 5.23. The predicted molar refractivity (Wildman–Crippen MR) is 136 cm³/mol. The van der Waals surface area contributed by atoms with Crippen LogP contribution in [-0.2, 0) is 11.3 Å². The van der Waals surface area contributed by atoms with Gasteiger partial charge in [0, 0.05) is 25.2 Å². The number of carbonyl (C=O) groups is 2. The number of benzene rings is 2. The zero-order valence-corrected chi connectivity index (χ0v) is 20.3. The van der Waals surface area contributed by atoms with E-state index in [-0.39, 0.29) is 30.1 Å². The number of nitrogens with one attached hydrogen (secondary N) is 3. The number of ether oxygens (including phenoxy) is 2. The van der Waals surface area contributed by atoms with Gasteiger partial charge in [0.2, 0.25) is 0 Å². The summed E-state index contributed by atoms with van der Waals surface area (Å²) in [5.41, 5.74) is 5.54. The molecular formula is C26H26N4O4S. The van der Waals surface area contributed by atoms with Crippen LogP contribution >= 0.6 is 12.2 Å². The zero-order valence-electron chi connectivity index (χ0n) is 19.5. The molecule has 0 fully saturated rings. The molecule has 1 aromatic heterocycles. The number of hydrogen-bond donors (Lipinski definition) is 3. The maximum atomic E-state index is 12.4. The first kappa shape index (κ1) is 24.2. The Morgan fingerprint density at radius 1 is 1.06 bits per heavy atom. The van der Waals surface area contributed by atoms with Gasteiger partial charge in [0.05, 0.1) is 24.4 Å². The molecule has 0 aliphatic heterocycles. The number of amides is 2. The van der Waals surface area contributed by atoms with E-state index in [1.165, 1.54) is 6.20 Å². The summed E-state index contributed by atoms with van der Waals surface area (Å²) in [6.45, 7) is 2.67. The molecule has 8 nitrogen and oxygen atoms in total. The third kappa shape index (κ3) is 5.41. The number of nitrogens with zero attached hydrogens (tertiary/aromatic N) is 1. The fourth-order valence-corrected chi connectivity index (χ4v) is 4.25. The van der Waals surface area contributed by atoms with Crippen molar-refractivity contribution in [2.45, 2.75) is 19.4 Å². The van der Waals surface area contributed by atoms with Crippen molar-refractivity contribution in [3.05, 3.63) is 83.2 Å². The predicted octanol–water partition coefficient (Wildman–Crippen LogP) is 3.75. The van der Waals surface area contributed by atoms with Gasteiger partial charge in [0.15, 0.2) is 5.11 Å². The Labute approximate surface area is 209 Å². The van der Waals surface area contributed by atoms with Crippen molar-refractivity contribution in [2.24, 2.45) is 0 Å². The van der Waals surface area contributed by atoms with Crippen LogP contribution in [-0.4, -0.2) is 42.4 Å². The van der Waals surface area contributed by atoms with Gasteiger partial charge in [0.25, 0.3) is 5.91 Å². The van der Waals surface area contributed by atoms with Gasteiger partial charge < -0.3 is 20.1 Å². The summed E-state index contributed by atoms with van der Waals surface area (Å²) < 4.78 is 11.1. The van der Waals surface area contributed by atoms with Gasteiger partial charge in [-0.2, -0.15) is 0 Å². The van der Waals surface area contributed by atoms with Gasteiger partial charge >= 0.3 is 6.09 Å². The molecule has 35 heavy (non-hydrogen) atoms. The number of thiocarbonyl (C=S) groups is 1. The van der Waals surface area contributed by atoms with E-state index in [0.717, 1.165) is 22.3 Å². The van der Waals surface area contributed by atoms with Gasteiger partial charge in [-0.05, 0) is 41.4 Å². The van der Waals surface area contributed by atoms with Crippen LogP contribution in [0.4, 0.5) is 4.79 Å². The van der Waals surface area contributed by atoms with Crippen LogP contribution in [0.5, 0.6) is 5.75 Å². The molecule has 0 atom stereocenters. The summed E-state index contributed by atoms with van der Waals surface area (Å²) in [5.74, 6) is 0.108. The smallest absolute Gasteiger partial charge is 0.413 e. The molecule has 0 bridgehead atoms. The second-order valence-electron chi connectivity index (χ2n) is 7.82. The Balaban J connectivity index is 1.32. The molecule has 0 radical (unpaired) electrons. The van der Waals surface area contributed by atoms with E-state index in [1.807, 2.05) is 31.2 Å². The van der Waals surface area contributed by atoms with Crippen LogP contribution in [0.3, 0.4) is 0 Å². The lowest BCUT2D eigenvalue weighted by atomic mass is 9.98. The molecule has 1 aliphatic carbocycles. The van der Waals surface area contributed by atoms with Gasteiger partial charge in [-0.25, -0.2) is 4.79 Å². The second-order valence-corrected chi connectivity index (χ2v) is 8.23. The van der Waals surface area contributed by atoms with Crippen molar-refractivity contribution >= 4 is 29.3 Å². The number of hydrogen-bond acceptors (Lipinski definition) is 6. The number of carbonyl (C=O) groups excluding carboxylic acids is 2. The third-order valence-corrected chi connectivity index (χ3v) is 5.93. The maximum Gasteiger partial charge on any atom is 0.413 e. The van der Waals surface area contributed by atoms with Crippen LogP contribution in [0.2, 0.25) is 0 Å². The van der Waals surface area contributed by atoms with E-state index in [9.17, 15) is 9.59 Å². The lowest BCUT2D eigenvalue weighted by Crippen LogP contribution is -2.39. The molecule has 4 rings (SSSR count). The van der Waals surface area contributed by atoms with Gasteiger partial charge in [0.1, 0.15) is 12.4 Å². The highest BCUT2D eigenvalue weighted by molar-refractivity contribution is 7.80. The van der Waals surface area contributed by atoms with Crippen LogP contribution in [0.25, 0.3) is 11.1 Å². The van der Waals surface area contributed by atoms with Crippen molar-refractivity contribution in [1.82, 2.24) is 20.9 Å². The minimum Gasteiger partial charge on any atom is -0.493 e. The zero-order chi connectivity index (χ0) is 24.8. The van der Waals surface area contributed by atoms with Crippen LogP contribution < -0.4 is 20.7 Å². The number of alkyl carbamates (subject to hydrolysis) is 1. The topological polar surface area (TPSA) is 102 Å². The molecule has 0 spiro atoms. The average molecular weight is 491 g/mol. The van der Waals surface area contributed by atoms with E-state index < -0.39 is 6.09 Å². The summed E-state index contributed by atoms with van der Waals surface area (Å²) in [5, 5.41) is 8.13. The number of aromatic nitrogens is 1. The van der Waals surface area contributed by atoms with Gasteiger partial charge in [-0.1, -0.05) is 48.5 Å². The largest absolute Gasteiger partial charge is 0.493 e. The molecule has 2 aromatic carbocycles. The van der Waals surface area contributed by atoms with Crippen molar-refractivity contribution in [1.29, 1.82) is 0 Å². The van der Waals surface area contributed by atoms with E-state index >= 15 is 0 Å². The van der Waals surface area contributed by atoms with Crippen molar-refractivity contribution in [3.63, 3.8) is 0 Å². The molecule has 3 N–H and O–H groups in total. The highest BCUT2D eigenvalue weighted by Gasteiger charge is 2.29. The van der Waals surface area contributed by atoms with Gasteiger partial charge in [-0.15, -0.1) is 0 Å². The quantitative estimate of drug-likeness (QED) is 0.434. The molecule has 9 heteroatoms. The average Bonchev–Trinajstić information content (AvgIpc) is 3.20. The summed E-state index contributed by atoms with van der Waals surface area (Å²) in [6.07, 6.45) is 0.811. The normalized spacial score (nSPS) is 11.7. The van der Waals surface area contributed by atoms with Crippen LogP contribution in [0.1, 0.15) is 40.0 Å². The minimum atomic E-state index is -0.637. The van der Waals surface area contributed by atoms with Gasteiger partial charge in [-0.3, -0.25) is 15.1 Å². The molecule has 180 valence electrons. The molecule has 0 saturated heterocycles. The highest BCUT2D eigenvalue weighted by Crippen LogP contribution is 2.44.